The predicted octanol–water partition coefficient (Wildman–Crippen LogP) is 4.17. The molecule has 0 bridgehead atoms. The zero-order valence-corrected chi connectivity index (χ0v) is 12.9. The topological polar surface area (TPSA) is 20.3 Å². The molecule has 110 valence electrons. The van der Waals surface area contributed by atoms with E-state index in [9.17, 15) is 4.79 Å². The Labute approximate surface area is 123 Å². The van der Waals surface area contributed by atoms with Gasteiger partial charge < -0.3 is 0 Å². The molecule has 0 spiro atoms. The second-order valence-electron chi connectivity index (χ2n) is 5.11. The molecule has 1 aromatic rings. The third-order valence-corrected chi connectivity index (χ3v) is 4.31. The molecule has 0 N–H and O–H groups in total. The number of carbonyl (C=O) groups is 1. The molecular weight excluding hydrogens is 246 g/mol. The molecule has 0 aromatic heterocycles. The molecule has 1 aromatic carbocycles. The third-order valence-electron chi connectivity index (χ3n) is 4.31. The van der Waals surface area contributed by atoms with E-state index < -0.39 is 0 Å². The van der Waals surface area contributed by atoms with Crippen LogP contribution < -0.4 is 0 Å². The fourth-order valence-corrected chi connectivity index (χ4v) is 3.31. The van der Waals surface area contributed by atoms with Crippen LogP contribution >= 0.6 is 0 Å². The number of hydrogen-bond donors (Lipinski definition) is 0. The van der Waals surface area contributed by atoms with Gasteiger partial charge in [-0.3, -0.25) is 9.69 Å². The van der Waals surface area contributed by atoms with Gasteiger partial charge in [0, 0.05) is 18.4 Å². The fourth-order valence-electron chi connectivity index (χ4n) is 3.31. The van der Waals surface area contributed by atoms with Crippen LogP contribution in [0.4, 0.5) is 0 Å². The summed E-state index contributed by atoms with van der Waals surface area (Å²) >= 11 is 0. The fraction of sp³-hybridized carbons (Fsp3) is 0.500. The van der Waals surface area contributed by atoms with Crippen molar-refractivity contribution in [3.63, 3.8) is 0 Å². The number of ketones is 1. The molecule has 1 fully saturated rings. The summed E-state index contributed by atoms with van der Waals surface area (Å²) in [5.74, 6) is 0.425. The maximum absolute atomic E-state index is 11.6. The highest BCUT2D eigenvalue weighted by Crippen LogP contribution is 2.41. The van der Waals surface area contributed by atoms with E-state index in [-0.39, 0.29) is 5.54 Å². The summed E-state index contributed by atoms with van der Waals surface area (Å²) in [7, 11) is 0. The van der Waals surface area contributed by atoms with Crippen molar-refractivity contribution in [1.29, 1.82) is 0 Å². The SMILES string of the molecule is C=C.CCN(CC)C1(c2ccccc2)CCC(=O)CC1. The van der Waals surface area contributed by atoms with Gasteiger partial charge in [-0.25, -0.2) is 0 Å². The summed E-state index contributed by atoms with van der Waals surface area (Å²) in [5.41, 5.74) is 1.46. The largest absolute Gasteiger partial charge is 0.300 e. The first-order chi connectivity index (χ1) is 9.73. The molecule has 2 rings (SSSR count). The number of rotatable bonds is 4. The highest BCUT2D eigenvalue weighted by atomic mass is 16.1. The van der Waals surface area contributed by atoms with Gasteiger partial charge in [0.15, 0.2) is 0 Å². The van der Waals surface area contributed by atoms with Crippen LogP contribution in [0.15, 0.2) is 43.5 Å². The normalized spacial score (nSPS) is 17.4. The number of carbonyl (C=O) groups excluding carboxylic acids is 1. The lowest BCUT2D eigenvalue weighted by molar-refractivity contribution is -0.123. The van der Waals surface area contributed by atoms with E-state index in [1.165, 1.54) is 5.56 Å². The average molecular weight is 273 g/mol. The summed E-state index contributed by atoms with van der Waals surface area (Å²) in [6, 6.07) is 10.7. The summed E-state index contributed by atoms with van der Waals surface area (Å²) in [6.45, 7) is 12.5. The van der Waals surface area contributed by atoms with Crippen LogP contribution in [0.3, 0.4) is 0 Å². The zero-order valence-electron chi connectivity index (χ0n) is 12.9. The zero-order chi connectivity index (χ0) is 15.0. The van der Waals surface area contributed by atoms with Crippen molar-refractivity contribution in [1.82, 2.24) is 4.90 Å². The second-order valence-corrected chi connectivity index (χ2v) is 5.11. The van der Waals surface area contributed by atoms with E-state index in [4.69, 9.17) is 0 Å². The van der Waals surface area contributed by atoms with Crippen LogP contribution in [0, 0.1) is 0 Å². The maximum atomic E-state index is 11.6. The smallest absolute Gasteiger partial charge is 0.133 e. The van der Waals surface area contributed by atoms with Gasteiger partial charge in [-0.2, -0.15) is 0 Å². The quantitative estimate of drug-likeness (QED) is 0.767. The van der Waals surface area contributed by atoms with E-state index in [2.05, 4.69) is 62.2 Å². The number of benzene rings is 1. The minimum absolute atomic E-state index is 0.0820. The summed E-state index contributed by atoms with van der Waals surface area (Å²) < 4.78 is 0. The minimum Gasteiger partial charge on any atom is -0.300 e. The summed E-state index contributed by atoms with van der Waals surface area (Å²) in [6.07, 6.45) is 3.39. The van der Waals surface area contributed by atoms with Crippen molar-refractivity contribution in [3.05, 3.63) is 49.1 Å². The van der Waals surface area contributed by atoms with Crippen LogP contribution in [0.1, 0.15) is 45.1 Å². The van der Waals surface area contributed by atoms with Gasteiger partial charge >= 0.3 is 0 Å². The van der Waals surface area contributed by atoms with Gasteiger partial charge in [-0.1, -0.05) is 44.2 Å². The molecule has 0 aliphatic heterocycles. The molecule has 1 aliphatic carbocycles. The van der Waals surface area contributed by atoms with Gasteiger partial charge in [0.25, 0.3) is 0 Å². The Morgan fingerprint density at radius 1 is 1.05 bits per heavy atom. The van der Waals surface area contributed by atoms with E-state index in [0.29, 0.717) is 5.78 Å². The van der Waals surface area contributed by atoms with Crippen LogP contribution in [0.5, 0.6) is 0 Å². The van der Waals surface area contributed by atoms with Crippen molar-refractivity contribution in [3.8, 4) is 0 Å². The average Bonchev–Trinajstić information content (AvgIpc) is 2.53. The molecule has 1 aliphatic rings. The molecule has 0 unspecified atom stereocenters. The summed E-state index contributed by atoms with van der Waals surface area (Å²) in [5, 5.41) is 0. The Hall–Kier alpha value is -1.41. The number of hydrogen-bond acceptors (Lipinski definition) is 2. The summed E-state index contributed by atoms with van der Waals surface area (Å²) in [4.78, 5) is 14.1. The molecule has 0 heterocycles. The lowest BCUT2D eigenvalue weighted by Crippen LogP contribution is -2.48. The molecule has 2 heteroatoms. The van der Waals surface area contributed by atoms with E-state index in [1.807, 2.05) is 0 Å². The van der Waals surface area contributed by atoms with Crippen molar-refractivity contribution in [2.24, 2.45) is 0 Å². The molecule has 0 amide bonds. The Balaban J connectivity index is 0.000000956. The first kappa shape index (κ1) is 16.6. The molecular formula is C18H27NO. The molecule has 0 radical (unpaired) electrons. The minimum atomic E-state index is 0.0820. The molecule has 2 nitrogen and oxygen atoms in total. The highest BCUT2D eigenvalue weighted by molar-refractivity contribution is 5.79. The predicted molar refractivity (Wildman–Crippen MR) is 85.8 cm³/mol. The van der Waals surface area contributed by atoms with Crippen molar-refractivity contribution >= 4 is 5.78 Å². The van der Waals surface area contributed by atoms with Gasteiger partial charge in [0.1, 0.15) is 5.78 Å². The lowest BCUT2D eigenvalue weighted by Gasteiger charge is -2.46. The van der Waals surface area contributed by atoms with Crippen LogP contribution in [0.25, 0.3) is 0 Å². The van der Waals surface area contributed by atoms with E-state index in [0.717, 1.165) is 38.8 Å². The molecule has 0 atom stereocenters. The van der Waals surface area contributed by atoms with Crippen molar-refractivity contribution in [2.75, 3.05) is 13.1 Å². The Bertz CT molecular complexity index is 399. The Morgan fingerprint density at radius 2 is 1.55 bits per heavy atom. The van der Waals surface area contributed by atoms with Crippen molar-refractivity contribution in [2.45, 2.75) is 45.1 Å². The molecule has 20 heavy (non-hydrogen) atoms. The van der Waals surface area contributed by atoms with Gasteiger partial charge in [-0.15, -0.1) is 13.2 Å². The van der Waals surface area contributed by atoms with E-state index in [1.54, 1.807) is 0 Å². The Kier molecular flexibility index (Phi) is 6.66. The highest BCUT2D eigenvalue weighted by Gasteiger charge is 2.39. The standard InChI is InChI=1S/C16H23NO.C2H4/c1-3-17(4-2)16(12-10-15(18)11-13-16)14-8-6-5-7-9-14;1-2/h5-9H,3-4,10-13H2,1-2H3;1-2H2. The van der Waals surface area contributed by atoms with Gasteiger partial charge in [0.2, 0.25) is 0 Å². The Morgan fingerprint density at radius 3 is 2.00 bits per heavy atom. The number of Topliss-reactive ketones (excluding diaryl/α,β-unsaturated/α-hetero) is 1. The lowest BCUT2D eigenvalue weighted by atomic mass is 9.74. The van der Waals surface area contributed by atoms with Crippen LogP contribution in [-0.4, -0.2) is 23.8 Å². The molecule has 1 saturated carbocycles. The van der Waals surface area contributed by atoms with Crippen LogP contribution in [0.2, 0.25) is 0 Å². The maximum Gasteiger partial charge on any atom is 0.133 e. The first-order valence-electron chi connectivity index (χ1n) is 7.55. The monoisotopic (exact) mass is 273 g/mol. The van der Waals surface area contributed by atoms with Gasteiger partial charge in [-0.05, 0) is 31.5 Å². The first-order valence-corrected chi connectivity index (χ1v) is 7.55. The van der Waals surface area contributed by atoms with Crippen LogP contribution in [-0.2, 0) is 10.3 Å². The molecule has 0 saturated heterocycles. The van der Waals surface area contributed by atoms with Crippen molar-refractivity contribution < 1.29 is 4.79 Å². The third kappa shape index (κ3) is 3.37. The van der Waals surface area contributed by atoms with Gasteiger partial charge in [0.05, 0.1) is 0 Å². The number of nitrogens with zero attached hydrogens (tertiary/aromatic N) is 1. The van der Waals surface area contributed by atoms with E-state index >= 15 is 0 Å². The second kappa shape index (κ2) is 8.01.